The van der Waals surface area contributed by atoms with Gasteiger partial charge in [0.1, 0.15) is 5.75 Å². The molecule has 1 aromatic carbocycles. The average Bonchev–Trinajstić information content (AvgIpc) is 2.19. The second kappa shape index (κ2) is 5.83. The predicted molar refractivity (Wildman–Crippen MR) is 73.7 cm³/mol. The molecule has 16 heavy (non-hydrogen) atoms. The van der Waals surface area contributed by atoms with Crippen LogP contribution in [-0.4, -0.2) is 12.4 Å². The standard InChI is InChI=1S/C13H19ClOS/c1-13(2,3)10(9-16)8-15-12-7-5-4-6-11(12)14/h4-7,10,16H,8-9H2,1-3H3. The lowest BCUT2D eigenvalue weighted by molar-refractivity contribution is 0.165. The van der Waals surface area contributed by atoms with E-state index in [0.717, 1.165) is 11.5 Å². The van der Waals surface area contributed by atoms with Crippen molar-refractivity contribution in [3.05, 3.63) is 29.3 Å². The lowest BCUT2D eigenvalue weighted by Gasteiger charge is -2.29. The van der Waals surface area contributed by atoms with Crippen LogP contribution in [-0.2, 0) is 0 Å². The number of halogens is 1. The van der Waals surface area contributed by atoms with E-state index in [-0.39, 0.29) is 5.41 Å². The first kappa shape index (κ1) is 13.7. The summed E-state index contributed by atoms with van der Waals surface area (Å²) in [6, 6.07) is 7.55. The van der Waals surface area contributed by atoms with E-state index >= 15 is 0 Å². The van der Waals surface area contributed by atoms with Gasteiger partial charge in [-0.3, -0.25) is 0 Å². The lowest BCUT2D eigenvalue weighted by atomic mass is 9.82. The molecule has 1 aromatic rings. The summed E-state index contributed by atoms with van der Waals surface area (Å²) in [5, 5.41) is 0.661. The van der Waals surface area contributed by atoms with Crippen molar-refractivity contribution in [2.24, 2.45) is 11.3 Å². The fourth-order valence-corrected chi connectivity index (χ4v) is 2.17. The molecule has 1 atom stereocenters. The summed E-state index contributed by atoms with van der Waals surface area (Å²) in [4.78, 5) is 0. The van der Waals surface area contributed by atoms with Crippen LogP contribution in [0, 0.1) is 11.3 Å². The minimum Gasteiger partial charge on any atom is -0.492 e. The highest BCUT2D eigenvalue weighted by Crippen LogP contribution is 2.29. The van der Waals surface area contributed by atoms with E-state index in [2.05, 4.69) is 33.4 Å². The molecule has 0 bridgehead atoms. The summed E-state index contributed by atoms with van der Waals surface area (Å²) >= 11 is 10.4. The second-order valence-corrected chi connectivity index (χ2v) is 5.76. The molecule has 0 aliphatic heterocycles. The average molecular weight is 259 g/mol. The predicted octanol–water partition coefficient (Wildman–Crippen LogP) is 4.31. The zero-order valence-electron chi connectivity index (χ0n) is 10.0. The largest absolute Gasteiger partial charge is 0.492 e. The molecule has 0 aliphatic carbocycles. The zero-order valence-corrected chi connectivity index (χ0v) is 11.7. The first-order valence-corrected chi connectivity index (χ1v) is 6.44. The van der Waals surface area contributed by atoms with E-state index in [1.807, 2.05) is 24.3 Å². The molecule has 90 valence electrons. The van der Waals surface area contributed by atoms with Crippen LogP contribution in [0.15, 0.2) is 24.3 Å². The van der Waals surface area contributed by atoms with Crippen LogP contribution >= 0.6 is 24.2 Å². The molecule has 1 rings (SSSR count). The van der Waals surface area contributed by atoms with Gasteiger partial charge in [0, 0.05) is 5.92 Å². The van der Waals surface area contributed by atoms with Crippen molar-refractivity contribution < 1.29 is 4.74 Å². The highest BCUT2D eigenvalue weighted by molar-refractivity contribution is 7.80. The van der Waals surface area contributed by atoms with E-state index in [9.17, 15) is 0 Å². The number of para-hydroxylation sites is 1. The topological polar surface area (TPSA) is 9.23 Å². The molecular formula is C13H19ClOS. The molecule has 0 radical (unpaired) electrons. The monoisotopic (exact) mass is 258 g/mol. The second-order valence-electron chi connectivity index (χ2n) is 4.99. The Bertz CT molecular complexity index is 333. The summed E-state index contributed by atoms with van der Waals surface area (Å²) in [5.74, 6) is 1.97. The first-order chi connectivity index (χ1) is 7.45. The Labute approximate surface area is 109 Å². The Hall–Kier alpha value is -0.340. The maximum absolute atomic E-state index is 6.02. The van der Waals surface area contributed by atoms with Crippen molar-refractivity contribution in [2.75, 3.05) is 12.4 Å². The van der Waals surface area contributed by atoms with Gasteiger partial charge >= 0.3 is 0 Å². The van der Waals surface area contributed by atoms with Crippen molar-refractivity contribution in [3.8, 4) is 5.75 Å². The molecule has 0 aromatic heterocycles. The molecule has 0 amide bonds. The summed E-state index contributed by atoms with van der Waals surface area (Å²) in [5.41, 5.74) is 0.197. The Kier molecular flexibility index (Phi) is 5.00. The van der Waals surface area contributed by atoms with Crippen LogP contribution in [0.1, 0.15) is 20.8 Å². The van der Waals surface area contributed by atoms with Crippen molar-refractivity contribution in [2.45, 2.75) is 20.8 Å². The fraction of sp³-hybridized carbons (Fsp3) is 0.538. The molecule has 1 nitrogen and oxygen atoms in total. The van der Waals surface area contributed by atoms with Crippen molar-refractivity contribution in [1.82, 2.24) is 0 Å². The molecular weight excluding hydrogens is 240 g/mol. The van der Waals surface area contributed by atoms with Crippen LogP contribution < -0.4 is 4.74 Å². The van der Waals surface area contributed by atoms with E-state index in [4.69, 9.17) is 16.3 Å². The van der Waals surface area contributed by atoms with E-state index < -0.39 is 0 Å². The van der Waals surface area contributed by atoms with E-state index in [1.54, 1.807) is 0 Å². The molecule has 0 fully saturated rings. The van der Waals surface area contributed by atoms with Crippen LogP contribution in [0.4, 0.5) is 0 Å². The Balaban J connectivity index is 2.60. The highest BCUT2D eigenvalue weighted by atomic mass is 35.5. The van der Waals surface area contributed by atoms with Gasteiger partial charge in [0.2, 0.25) is 0 Å². The smallest absolute Gasteiger partial charge is 0.137 e. The maximum atomic E-state index is 6.02. The van der Waals surface area contributed by atoms with Crippen LogP contribution in [0.25, 0.3) is 0 Å². The molecule has 0 spiro atoms. The minimum atomic E-state index is 0.197. The summed E-state index contributed by atoms with van der Waals surface area (Å²) in [7, 11) is 0. The van der Waals surface area contributed by atoms with Gasteiger partial charge in [-0.05, 0) is 23.3 Å². The Morgan fingerprint density at radius 2 is 1.94 bits per heavy atom. The van der Waals surface area contributed by atoms with Crippen LogP contribution in [0.3, 0.4) is 0 Å². The van der Waals surface area contributed by atoms with Crippen LogP contribution in [0.5, 0.6) is 5.75 Å². The summed E-state index contributed by atoms with van der Waals surface area (Å²) in [6.07, 6.45) is 0. The van der Waals surface area contributed by atoms with Crippen LogP contribution in [0.2, 0.25) is 5.02 Å². The number of thiol groups is 1. The molecule has 0 aliphatic rings. The van der Waals surface area contributed by atoms with Gasteiger partial charge in [-0.25, -0.2) is 0 Å². The van der Waals surface area contributed by atoms with E-state index in [0.29, 0.717) is 17.5 Å². The van der Waals surface area contributed by atoms with Gasteiger partial charge in [0.25, 0.3) is 0 Å². The number of ether oxygens (including phenoxy) is 1. The third-order valence-corrected chi connectivity index (χ3v) is 3.47. The maximum Gasteiger partial charge on any atom is 0.137 e. The molecule has 0 saturated heterocycles. The number of hydrogen-bond acceptors (Lipinski definition) is 2. The van der Waals surface area contributed by atoms with Crippen molar-refractivity contribution in [3.63, 3.8) is 0 Å². The van der Waals surface area contributed by atoms with Gasteiger partial charge in [0.15, 0.2) is 0 Å². The summed E-state index contributed by atoms with van der Waals surface area (Å²) in [6.45, 7) is 7.24. The minimum absolute atomic E-state index is 0.197. The zero-order chi connectivity index (χ0) is 12.2. The molecule has 0 heterocycles. The SMILES string of the molecule is CC(C)(C)C(CS)COc1ccccc1Cl. The van der Waals surface area contributed by atoms with Gasteiger partial charge in [-0.15, -0.1) is 0 Å². The van der Waals surface area contributed by atoms with E-state index in [1.165, 1.54) is 0 Å². The Morgan fingerprint density at radius 1 is 1.31 bits per heavy atom. The number of rotatable bonds is 4. The van der Waals surface area contributed by atoms with Gasteiger partial charge in [0.05, 0.1) is 11.6 Å². The quantitative estimate of drug-likeness (QED) is 0.792. The Morgan fingerprint density at radius 3 is 2.44 bits per heavy atom. The van der Waals surface area contributed by atoms with Crippen molar-refractivity contribution >= 4 is 24.2 Å². The third-order valence-electron chi connectivity index (χ3n) is 2.72. The fourth-order valence-electron chi connectivity index (χ4n) is 1.33. The normalized spacial score (nSPS) is 13.6. The number of hydrogen-bond donors (Lipinski definition) is 1. The molecule has 1 unspecified atom stereocenters. The summed E-state index contributed by atoms with van der Waals surface area (Å²) < 4.78 is 5.74. The molecule has 3 heteroatoms. The van der Waals surface area contributed by atoms with Gasteiger partial charge in [-0.2, -0.15) is 12.6 Å². The highest BCUT2D eigenvalue weighted by Gasteiger charge is 2.24. The first-order valence-electron chi connectivity index (χ1n) is 5.43. The molecule has 0 N–H and O–H groups in total. The number of benzene rings is 1. The van der Waals surface area contributed by atoms with Crippen molar-refractivity contribution in [1.29, 1.82) is 0 Å². The van der Waals surface area contributed by atoms with Gasteiger partial charge < -0.3 is 4.74 Å². The third kappa shape index (κ3) is 3.91. The lowest BCUT2D eigenvalue weighted by Crippen LogP contribution is -2.28. The van der Waals surface area contributed by atoms with Gasteiger partial charge in [-0.1, -0.05) is 44.5 Å². The molecule has 0 saturated carbocycles.